The summed E-state index contributed by atoms with van der Waals surface area (Å²) >= 11 is 0. The van der Waals surface area contributed by atoms with E-state index in [4.69, 9.17) is 5.11 Å². The fourth-order valence-corrected chi connectivity index (χ4v) is 2.29. The Hall–Kier alpha value is -2.71. The summed E-state index contributed by atoms with van der Waals surface area (Å²) in [4.78, 5) is 38.6. The molecule has 0 bridgehead atoms. The van der Waals surface area contributed by atoms with E-state index in [1.807, 2.05) is 0 Å². The Morgan fingerprint density at radius 2 is 2.38 bits per heavy atom. The number of carboxylic acid groups (broad SMARTS) is 1. The van der Waals surface area contributed by atoms with Crippen LogP contribution in [-0.2, 0) is 4.79 Å². The first-order chi connectivity index (χ1) is 9.95. The predicted molar refractivity (Wildman–Crippen MR) is 72.3 cm³/mol. The number of carbonyl (C=O) groups excluding carboxylic acids is 1. The summed E-state index contributed by atoms with van der Waals surface area (Å²) < 4.78 is 0. The van der Waals surface area contributed by atoms with Gasteiger partial charge in [0, 0.05) is 25.4 Å². The quantitative estimate of drug-likeness (QED) is 0.608. The maximum atomic E-state index is 11.8. The summed E-state index contributed by atoms with van der Waals surface area (Å²) in [5, 5.41) is 22.7. The van der Waals surface area contributed by atoms with E-state index in [9.17, 15) is 19.7 Å². The van der Waals surface area contributed by atoms with Gasteiger partial charge in [0.15, 0.2) is 0 Å². The summed E-state index contributed by atoms with van der Waals surface area (Å²) in [7, 11) is 0. The Kier molecular flexibility index (Phi) is 4.01. The molecular formula is C12H14N4O5. The van der Waals surface area contributed by atoms with Crippen molar-refractivity contribution in [1.29, 1.82) is 0 Å². The summed E-state index contributed by atoms with van der Waals surface area (Å²) in [6.45, 7) is 2.53. The second-order valence-corrected chi connectivity index (χ2v) is 4.54. The number of carboxylic acids is 1. The van der Waals surface area contributed by atoms with E-state index < -0.39 is 22.6 Å². The van der Waals surface area contributed by atoms with Crippen molar-refractivity contribution in [1.82, 2.24) is 10.3 Å². The molecule has 1 unspecified atom stereocenters. The van der Waals surface area contributed by atoms with Crippen LogP contribution in [0.25, 0.3) is 0 Å². The molecule has 2 rings (SSSR count). The number of nitro groups is 1. The minimum atomic E-state index is -1.29. The lowest BCUT2D eigenvalue weighted by Crippen LogP contribution is -2.55. The molecule has 1 aromatic heterocycles. The molecule has 0 saturated carbocycles. The van der Waals surface area contributed by atoms with E-state index in [1.54, 1.807) is 11.8 Å². The predicted octanol–water partition coefficient (Wildman–Crippen LogP) is 0.403. The van der Waals surface area contributed by atoms with Crippen LogP contribution in [0.5, 0.6) is 0 Å². The van der Waals surface area contributed by atoms with Crippen molar-refractivity contribution in [2.75, 3.05) is 18.0 Å². The Morgan fingerprint density at radius 3 is 2.95 bits per heavy atom. The molecule has 1 atom stereocenters. The van der Waals surface area contributed by atoms with Gasteiger partial charge in [-0.3, -0.25) is 14.9 Å². The van der Waals surface area contributed by atoms with Gasteiger partial charge in [0.1, 0.15) is 6.04 Å². The van der Waals surface area contributed by atoms with Gasteiger partial charge >= 0.3 is 11.7 Å². The Bertz CT molecular complexity index is 603. The number of hydrogen-bond donors (Lipinski definition) is 2. The van der Waals surface area contributed by atoms with Crippen LogP contribution in [0.1, 0.15) is 23.7 Å². The van der Waals surface area contributed by atoms with Crippen LogP contribution in [0.3, 0.4) is 0 Å². The third-order valence-electron chi connectivity index (χ3n) is 3.28. The summed E-state index contributed by atoms with van der Waals surface area (Å²) in [6.07, 6.45) is 1.52. The van der Waals surface area contributed by atoms with Gasteiger partial charge in [0.25, 0.3) is 0 Å². The molecule has 9 heteroatoms. The highest BCUT2D eigenvalue weighted by molar-refractivity contribution is 5.90. The smallest absolute Gasteiger partial charge is 0.337 e. The van der Waals surface area contributed by atoms with Gasteiger partial charge in [0.05, 0.1) is 10.5 Å². The van der Waals surface area contributed by atoms with E-state index in [1.165, 1.54) is 0 Å². The topological polar surface area (TPSA) is 126 Å². The average molecular weight is 294 g/mol. The van der Waals surface area contributed by atoms with Crippen LogP contribution in [0, 0.1) is 10.1 Å². The fourth-order valence-electron chi connectivity index (χ4n) is 2.29. The highest BCUT2D eigenvalue weighted by Gasteiger charge is 2.33. The van der Waals surface area contributed by atoms with Gasteiger partial charge in [0.2, 0.25) is 11.7 Å². The number of pyridine rings is 1. The Morgan fingerprint density at radius 1 is 1.67 bits per heavy atom. The summed E-state index contributed by atoms with van der Waals surface area (Å²) in [5.74, 6) is -1.49. The molecule has 9 nitrogen and oxygen atoms in total. The molecule has 2 heterocycles. The molecule has 0 spiro atoms. The van der Waals surface area contributed by atoms with Crippen molar-refractivity contribution in [3.05, 3.63) is 27.9 Å². The van der Waals surface area contributed by atoms with Crippen molar-refractivity contribution in [3.63, 3.8) is 0 Å². The van der Waals surface area contributed by atoms with Crippen molar-refractivity contribution < 1.29 is 19.6 Å². The molecule has 0 aromatic carbocycles. The minimum absolute atomic E-state index is 0.0201. The molecule has 112 valence electrons. The Labute approximate surface area is 119 Å². The normalized spacial score (nSPS) is 18.2. The minimum Gasteiger partial charge on any atom is -0.478 e. The number of hydrogen-bond acceptors (Lipinski definition) is 6. The second-order valence-electron chi connectivity index (χ2n) is 4.54. The largest absolute Gasteiger partial charge is 0.478 e. The summed E-state index contributed by atoms with van der Waals surface area (Å²) in [6, 6.07) is 0.407. The van der Waals surface area contributed by atoms with E-state index in [2.05, 4.69) is 10.3 Å². The van der Waals surface area contributed by atoms with Gasteiger partial charge in [-0.05, 0) is 6.42 Å². The number of rotatable bonds is 4. The van der Waals surface area contributed by atoms with Gasteiger partial charge in [-0.1, -0.05) is 6.92 Å². The lowest BCUT2D eigenvalue weighted by Gasteiger charge is -2.34. The number of amides is 1. The molecule has 2 N–H and O–H groups in total. The van der Waals surface area contributed by atoms with Crippen molar-refractivity contribution in [2.24, 2.45) is 0 Å². The second kappa shape index (κ2) is 5.73. The molecule has 0 radical (unpaired) electrons. The zero-order chi connectivity index (χ0) is 15.6. The first-order valence-corrected chi connectivity index (χ1v) is 6.37. The zero-order valence-corrected chi connectivity index (χ0v) is 11.3. The number of aromatic nitrogens is 1. The molecule has 1 aliphatic heterocycles. The highest BCUT2D eigenvalue weighted by Crippen LogP contribution is 2.29. The molecule has 1 saturated heterocycles. The van der Waals surface area contributed by atoms with Crippen LogP contribution in [-0.4, -0.2) is 46.0 Å². The number of carbonyl (C=O) groups is 2. The molecule has 21 heavy (non-hydrogen) atoms. The number of nitrogens with zero attached hydrogens (tertiary/aromatic N) is 3. The summed E-state index contributed by atoms with van der Waals surface area (Å²) in [5.41, 5.74) is -0.678. The van der Waals surface area contributed by atoms with E-state index in [0.29, 0.717) is 19.5 Å². The van der Waals surface area contributed by atoms with Crippen LogP contribution < -0.4 is 10.2 Å². The highest BCUT2D eigenvalue weighted by atomic mass is 16.6. The number of nitrogens with one attached hydrogen (secondary N) is 1. The van der Waals surface area contributed by atoms with E-state index >= 15 is 0 Å². The van der Waals surface area contributed by atoms with Crippen molar-refractivity contribution >= 4 is 23.4 Å². The molecule has 1 amide bonds. The van der Waals surface area contributed by atoms with Crippen LogP contribution >= 0.6 is 0 Å². The molecule has 0 aliphatic carbocycles. The lowest BCUT2D eigenvalue weighted by molar-refractivity contribution is -0.384. The zero-order valence-electron chi connectivity index (χ0n) is 11.3. The Balaban J connectivity index is 2.49. The maximum absolute atomic E-state index is 11.8. The number of anilines is 1. The van der Waals surface area contributed by atoms with E-state index in [-0.39, 0.29) is 17.3 Å². The third kappa shape index (κ3) is 2.76. The average Bonchev–Trinajstić information content (AvgIpc) is 2.46. The molecule has 1 fully saturated rings. The molecule has 1 aliphatic rings. The molecule has 1 aromatic rings. The van der Waals surface area contributed by atoms with Gasteiger partial charge in [-0.2, -0.15) is 0 Å². The SMILES string of the molecule is CCC1C(=O)NCCN1c1ncc(C(=O)O)cc1[N+](=O)[O-]. The maximum Gasteiger partial charge on any atom is 0.337 e. The monoisotopic (exact) mass is 294 g/mol. The third-order valence-corrected chi connectivity index (χ3v) is 3.28. The van der Waals surface area contributed by atoms with Gasteiger partial charge in [-0.25, -0.2) is 9.78 Å². The standard InChI is InChI=1S/C12H14N4O5/c1-2-8-11(17)13-3-4-15(8)10-9(16(20)21)5-7(6-14-10)12(18)19/h5-6,8H,2-4H2,1H3,(H,13,17)(H,18,19). The number of piperazine rings is 1. The fraction of sp³-hybridized carbons (Fsp3) is 0.417. The number of aromatic carboxylic acids is 1. The molecular weight excluding hydrogens is 280 g/mol. The van der Waals surface area contributed by atoms with Crippen LogP contribution in [0.15, 0.2) is 12.3 Å². The first kappa shape index (κ1) is 14.7. The van der Waals surface area contributed by atoms with Crippen molar-refractivity contribution in [3.8, 4) is 0 Å². The van der Waals surface area contributed by atoms with Crippen LogP contribution in [0.4, 0.5) is 11.5 Å². The van der Waals surface area contributed by atoms with E-state index in [0.717, 1.165) is 12.3 Å². The van der Waals surface area contributed by atoms with Gasteiger partial charge < -0.3 is 15.3 Å². The lowest BCUT2D eigenvalue weighted by atomic mass is 10.1. The van der Waals surface area contributed by atoms with Gasteiger partial charge in [-0.15, -0.1) is 0 Å². The first-order valence-electron chi connectivity index (χ1n) is 6.37. The van der Waals surface area contributed by atoms with Crippen LogP contribution in [0.2, 0.25) is 0 Å². The van der Waals surface area contributed by atoms with Crippen molar-refractivity contribution in [2.45, 2.75) is 19.4 Å².